The van der Waals surface area contributed by atoms with E-state index in [1.807, 2.05) is 0 Å². The fourth-order valence-corrected chi connectivity index (χ4v) is 1.25. The first-order chi connectivity index (χ1) is 5.18. The Morgan fingerprint density at radius 3 is 2.23 bits per heavy atom. The van der Waals surface area contributed by atoms with Crippen LogP contribution in [0, 0.1) is 0 Å². The molecule has 0 radical (unpaired) electrons. The van der Waals surface area contributed by atoms with Crippen molar-refractivity contribution in [2.24, 2.45) is 5.73 Å². The van der Waals surface area contributed by atoms with Gasteiger partial charge >= 0.3 is 0 Å². The molecule has 78 valence electrons. The number of carbonyl (C=O) groups is 1. The van der Waals surface area contributed by atoms with E-state index < -0.39 is 0 Å². The van der Waals surface area contributed by atoms with Crippen LogP contribution in [0.1, 0.15) is 12.8 Å². The van der Waals surface area contributed by atoms with Crippen molar-refractivity contribution in [3.63, 3.8) is 0 Å². The maximum Gasteiger partial charge on any atom is 0.241 e. The lowest BCUT2D eigenvalue weighted by Gasteiger charge is -2.23. The standard InChI is InChI=1S/C8H14N2O.2ClH/c1-10-4-2-7(3-5-10)6-8(9)11;;/h6H,2-5H2,1H3,(H2,9,11);2*1H. The molecule has 0 aliphatic carbocycles. The Morgan fingerprint density at radius 1 is 1.38 bits per heavy atom. The molecule has 3 nitrogen and oxygen atoms in total. The van der Waals surface area contributed by atoms with Gasteiger partial charge in [0, 0.05) is 19.2 Å². The lowest BCUT2D eigenvalue weighted by atomic mass is 10.0. The Balaban J connectivity index is 0. The van der Waals surface area contributed by atoms with Crippen molar-refractivity contribution in [3.05, 3.63) is 11.6 Å². The van der Waals surface area contributed by atoms with Crippen LogP contribution >= 0.6 is 24.8 Å². The minimum Gasteiger partial charge on any atom is -0.366 e. The summed E-state index contributed by atoms with van der Waals surface area (Å²) in [6, 6.07) is 0. The van der Waals surface area contributed by atoms with Crippen molar-refractivity contribution in [3.8, 4) is 0 Å². The van der Waals surface area contributed by atoms with E-state index >= 15 is 0 Å². The van der Waals surface area contributed by atoms with Crippen LogP contribution in [-0.4, -0.2) is 30.9 Å². The van der Waals surface area contributed by atoms with Gasteiger partial charge < -0.3 is 10.6 Å². The van der Waals surface area contributed by atoms with Crippen LogP contribution in [0.2, 0.25) is 0 Å². The number of nitrogens with zero attached hydrogens (tertiary/aromatic N) is 1. The second kappa shape index (κ2) is 7.18. The third-order valence-corrected chi connectivity index (χ3v) is 1.98. The Kier molecular flexibility index (Phi) is 8.42. The predicted octanol–water partition coefficient (Wildman–Crippen LogP) is 0.967. The monoisotopic (exact) mass is 226 g/mol. The zero-order chi connectivity index (χ0) is 8.27. The number of halogens is 2. The van der Waals surface area contributed by atoms with E-state index in [4.69, 9.17) is 5.73 Å². The molecular formula is C8H16Cl2N2O. The number of hydrogen-bond donors (Lipinski definition) is 1. The van der Waals surface area contributed by atoms with Gasteiger partial charge in [0.05, 0.1) is 0 Å². The molecule has 0 aromatic heterocycles. The van der Waals surface area contributed by atoms with Crippen molar-refractivity contribution < 1.29 is 4.79 Å². The van der Waals surface area contributed by atoms with Crippen LogP contribution in [0.4, 0.5) is 0 Å². The summed E-state index contributed by atoms with van der Waals surface area (Å²) in [5.74, 6) is -0.315. The first-order valence-corrected chi connectivity index (χ1v) is 3.86. The second-order valence-corrected chi connectivity index (χ2v) is 3.01. The molecule has 1 aliphatic rings. The molecule has 1 heterocycles. The molecule has 1 fully saturated rings. The first-order valence-electron chi connectivity index (χ1n) is 3.86. The molecule has 13 heavy (non-hydrogen) atoms. The molecule has 2 N–H and O–H groups in total. The zero-order valence-corrected chi connectivity index (χ0v) is 9.29. The third-order valence-electron chi connectivity index (χ3n) is 1.98. The first kappa shape index (κ1) is 15.2. The van der Waals surface area contributed by atoms with Crippen LogP contribution in [-0.2, 0) is 4.79 Å². The van der Waals surface area contributed by atoms with Crippen molar-refractivity contribution in [2.75, 3.05) is 20.1 Å². The van der Waals surface area contributed by atoms with Crippen LogP contribution < -0.4 is 5.73 Å². The summed E-state index contributed by atoms with van der Waals surface area (Å²) in [4.78, 5) is 12.7. The van der Waals surface area contributed by atoms with E-state index in [1.54, 1.807) is 6.08 Å². The molecular weight excluding hydrogens is 211 g/mol. The van der Waals surface area contributed by atoms with Gasteiger partial charge in [-0.05, 0) is 19.9 Å². The van der Waals surface area contributed by atoms with Gasteiger partial charge in [-0.3, -0.25) is 4.79 Å². The SMILES string of the molecule is CN1CCC(=CC(N)=O)CC1.Cl.Cl. The van der Waals surface area contributed by atoms with E-state index in [0.29, 0.717) is 0 Å². The topological polar surface area (TPSA) is 46.3 Å². The van der Waals surface area contributed by atoms with Crippen LogP contribution in [0.3, 0.4) is 0 Å². The van der Waals surface area contributed by atoms with Crippen LogP contribution in [0.25, 0.3) is 0 Å². The summed E-state index contributed by atoms with van der Waals surface area (Å²) < 4.78 is 0. The molecule has 1 saturated heterocycles. The Bertz CT molecular complexity index is 185. The molecule has 1 aliphatic heterocycles. The molecule has 0 bridgehead atoms. The number of nitrogens with two attached hydrogens (primary N) is 1. The fraction of sp³-hybridized carbons (Fsp3) is 0.625. The molecule has 0 spiro atoms. The number of primary amides is 1. The highest BCUT2D eigenvalue weighted by Crippen LogP contribution is 2.13. The number of hydrogen-bond acceptors (Lipinski definition) is 2. The molecule has 0 unspecified atom stereocenters. The maximum atomic E-state index is 10.5. The lowest BCUT2D eigenvalue weighted by molar-refractivity contribution is -0.113. The van der Waals surface area contributed by atoms with E-state index in [0.717, 1.165) is 25.9 Å². The summed E-state index contributed by atoms with van der Waals surface area (Å²) in [5, 5.41) is 0. The minimum atomic E-state index is -0.315. The maximum absolute atomic E-state index is 10.5. The van der Waals surface area contributed by atoms with Crippen LogP contribution in [0.15, 0.2) is 11.6 Å². The summed E-state index contributed by atoms with van der Waals surface area (Å²) in [6.07, 6.45) is 3.53. The molecule has 0 aromatic rings. The van der Waals surface area contributed by atoms with Crippen molar-refractivity contribution in [1.29, 1.82) is 0 Å². The van der Waals surface area contributed by atoms with Crippen molar-refractivity contribution >= 4 is 30.7 Å². The summed E-state index contributed by atoms with van der Waals surface area (Å²) >= 11 is 0. The number of carbonyl (C=O) groups excluding carboxylic acids is 1. The average Bonchev–Trinajstić information content (AvgIpc) is 1.93. The van der Waals surface area contributed by atoms with Gasteiger partial charge in [0.25, 0.3) is 0 Å². The predicted molar refractivity (Wildman–Crippen MR) is 58.5 cm³/mol. The summed E-state index contributed by atoms with van der Waals surface area (Å²) in [5.41, 5.74) is 6.22. The minimum absolute atomic E-state index is 0. The molecule has 0 aromatic carbocycles. The summed E-state index contributed by atoms with van der Waals surface area (Å²) in [6.45, 7) is 2.08. The fourth-order valence-electron chi connectivity index (χ4n) is 1.25. The van der Waals surface area contributed by atoms with Crippen molar-refractivity contribution in [1.82, 2.24) is 4.90 Å². The van der Waals surface area contributed by atoms with Gasteiger partial charge in [0.1, 0.15) is 0 Å². The Labute approximate surface area is 91.2 Å². The van der Waals surface area contributed by atoms with E-state index in [2.05, 4.69) is 11.9 Å². The van der Waals surface area contributed by atoms with Crippen LogP contribution in [0.5, 0.6) is 0 Å². The van der Waals surface area contributed by atoms with E-state index in [1.165, 1.54) is 5.57 Å². The molecule has 5 heteroatoms. The average molecular weight is 227 g/mol. The Hall–Kier alpha value is -0.250. The highest BCUT2D eigenvalue weighted by atomic mass is 35.5. The lowest BCUT2D eigenvalue weighted by Crippen LogP contribution is -2.27. The number of piperidine rings is 1. The number of likely N-dealkylation sites (tertiary alicyclic amines) is 1. The largest absolute Gasteiger partial charge is 0.366 e. The van der Waals surface area contributed by atoms with Crippen molar-refractivity contribution in [2.45, 2.75) is 12.8 Å². The number of amides is 1. The second-order valence-electron chi connectivity index (χ2n) is 3.01. The molecule has 0 saturated carbocycles. The summed E-state index contributed by atoms with van der Waals surface area (Å²) in [7, 11) is 2.08. The quantitative estimate of drug-likeness (QED) is 0.678. The van der Waals surface area contributed by atoms with E-state index in [9.17, 15) is 4.79 Å². The van der Waals surface area contributed by atoms with Gasteiger partial charge in [-0.1, -0.05) is 5.57 Å². The normalized spacial score (nSPS) is 16.8. The molecule has 0 atom stereocenters. The number of rotatable bonds is 1. The highest BCUT2D eigenvalue weighted by molar-refractivity contribution is 5.86. The van der Waals surface area contributed by atoms with Gasteiger partial charge in [0.15, 0.2) is 0 Å². The van der Waals surface area contributed by atoms with Gasteiger partial charge in [-0.2, -0.15) is 0 Å². The molecule has 1 amide bonds. The zero-order valence-electron chi connectivity index (χ0n) is 7.66. The highest BCUT2D eigenvalue weighted by Gasteiger charge is 2.09. The third kappa shape index (κ3) is 5.91. The Morgan fingerprint density at radius 2 is 1.85 bits per heavy atom. The van der Waals surface area contributed by atoms with Gasteiger partial charge in [0.2, 0.25) is 5.91 Å². The molecule has 1 rings (SSSR count). The van der Waals surface area contributed by atoms with Gasteiger partial charge in [-0.25, -0.2) is 0 Å². The van der Waals surface area contributed by atoms with Gasteiger partial charge in [-0.15, -0.1) is 24.8 Å². The smallest absolute Gasteiger partial charge is 0.241 e. The van der Waals surface area contributed by atoms with E-state index in [-0.39, 0.29) is 30.7 Å².